The summed E-state index contributed by atoms with van der Waals surface area (Å²) in [7, 11) is 0. The monoisotopic (exact) mass is 185 g/mol. The number of carbonyl (C=O) groups excluding carboxylic acids is 1. The molecule has 1 amide bonds. The number of rotatable bonds is 4. The summed E-state index contributed by atoms with van der Waals surface area (Å²) >= 11 is 0. The largest absolute Gasteiger partial charge is 0.351 e. The van der Waals surface area contributed by atoms with Crippen LogP contribution < -0.4 is 11.1 Å². The fourth-order valence-corrected chi connectivity index (χ4v) is 1.75. The van der Waals surface area contributed by atoms with E-state index in [0.29, 0.717) is 13.1 Å². The SMILES string of the molecule is CCCN1CC(=O)NC(CCN)C1. The molecule has 1 atom stereocenters. The minimum Gasteiger partial charge on any atom is -0.351 e. The molecule has 1 aliphatic heterocycles. The van der Waals surface area contributed by atoms with Crippen LogP contribution in [0.5, 0.6) is 0 Å². The van der Waals surface area contributed by atoms with Crippen molar-refractivity contribution in [3.8, 4) is 0 Å². The van der Waals surface area contributed by atoms with Gasteiger partial charge < -0.3 is 11.1 Å². The molecule has 76 valence electrons. The molecule has 1 aliphatic rings. The molecule has 0 radical (unpaired) electrons. The van der Waals surface area contributed by atoms with Gasteiger partial charge in [0.2, 0.25) is 5.91 Å². The maximum atomic E-state index is 11.2. The van der Waals surface area contributed by atoms with Crippen molar-refractivity contribution in [1.82, 2.24) is 10.2 Å². The van der Waals surface area contributed by atoms with Gasteiger partial charge >= 0.3 is 0 Å². The Labute approximate surface area is 79.5 Å². The molecule has 0 aromatic carbocycles. The van der Waals surface area contributed by atoms with Crippen LogP contribution in [0.4, 0.5) is 0 Å². The number of carbonyl (C=O) groups is 1. The topological polar surface area (TPSA) is 58.4 Å². The fraction of sp³-hybridized carbons (Fsp3) is 0.889. The minimum absolute atomic E-state index is 0.137. The van der Waals surface area contributed by atoms with E-state index in [9.17, 15) is 4.79 Å². The maximum Gasteiger partial charge on any atom is 0.234 e. The Balaban J connectivity index is 2.37. The van der Waals surface area contributed by atoms with E-state index >= 15 is 0 Å². The highest BCUT2D eigenvalue weighted by molar-refractivity contribution is 5.79. The third kappa shape index (κ3) is 3.32. The summed E-state index contributed by atoms with van der Waals surface area (Å²) in [5, 5.41) is 2.95. The van der Waals surface area contributed by atoms with Crippen molar-refractivity contribution in [3.05, 3.63) is 0 Å². The van der Waals surface area contributed by atoms with Gasteiger partial charge in [0.15, 0.2) is 0 Å². The van der Waals surface area contributed by atoms with E-state index in [2.05, 4.69) is 17.1 Å². The zero-order valence-electron chi connectivity index (χ0n) is 8.25. The molecule has 0 spiro atoms. The first kappa shape index (κ1) is 10.5. The van der Waals surface area contributed by atoms with Crippen LogP contribution in [0.1, 0.15) is 19.8 Å². The van der Waals surface area contributed by atoms with Gasteiger partial charge in [0.05, 0.1) is 6.54 Å². The molecule has 3 N–H and O–H groups in total. The predicted molar refractivity (Wildman–Crippen MR) is 52.3 cm³/mol. The first-order valence-corrected chi connectivity index (χ1v) is 4.98. The van der Waals surface area contributed by atoms with Crippen molar-refractivity contribution in [2.24, 2.45) is 5.73 Å². The molecular weight excluding hydrogens is 166 g/mol. The Kier molecular flexibility index (Phi) is 4.18. The average Bonchev–Trinajstić information content (AvgIpc) is 2.04. The summed E-state index contributed by atoms with van der Waals surface area (Å²) in [5.74, 6) is 0.137. The maximum absolute atomic E-state index is 11.2. The highest BCUT2D eigenvalue weighted by Crippen LogP contribution is 2.03. The Morgan fingerprint density at radius 3 is 3.08 bits per heavy atom. The van der Waals surface area contributed by atoms with Crippen molar-refractivity contribution in [2.45, 2.75) is 25.8 Å². The van der Waals surface area contributed by atoms with Crippen LogP contribution >= 0.6 is 0 Å². The lowest BCUT2D eigenvalue weighted by Gasteiger charge is -2.32. The molecule has 0 aliphatic carbocycles. The molecular formula is C9H19N3O. The summed E-state index contributed by atoms with van der Waals surface area (Å²) in [4.78, 5) is 13.4. The number of nitrogens with zero attached hydrogens (tertiary/aromatic N) is 1. The van der Waals surface area contributed by atoms with Gasteiger partial charge in [0.1, 0.15) is 0 Å². The van der Waals surface area contributed by atoms with Crippen molar-refractivity contribution in [1.29, 1.82) is 0 Å². The average molecular weight is 185 g/mol. The lowest BCUT2D eigenvalue weighted by atomic mass is 10.1. The standard InChI is InChI=1S/C9H19N3O/c1-2-5-12-6-8(3-4-10)11-9(13)7-12/h8H,2-7,10H2,1H3,(H,11,13). The predicted octanol–water partition coefficient (Wildman–Crippen LogP) is -0.454. The van der Waals surface area contributed by atoms with Crippen LogP contribution in [0, 0.1) is 0 Å². The van der Waals surface area contributed by atoms with Gasteiger partial charge in [-0.15, -0.1) is 0 Å². The van der Waals surface area contributed by atoms with Gasteiger partial charge in [-0.2, -0.15) is 0 Å². The number of nitrogens with two attached hydrogens (primary N) is 1. The van der Waals surface area contributed by atoms with E-state index < -0.39 is 0 Å². The number of amides is 1. The van der Waals surface area contributed by atoms with Crippen LogP contribution in [0.2, 0.25) is 0 Å². The first-order chi connectivity index (χ1) is 6.26. The molecule has 1 saturated heterocycles. The van der Waals surface area contributed by atoms with E-state index in [1.165, 1.54) is 0 Å². The minimum atomic E-state index is 0.137. The number of piperazine rings is 1. The summed E-state index contributed by atoms with van der Waals surface area (Å²) in [6.07, 6.45) is 1.98. The van der Waals surface area contributed by atoms with Crippen molar-refractivity contribution < 1.29 is 4.79 Å². The summed E-state index contributed by atoms with van der Waals surface area (Å²) in [6.45, 7) is 5.29. The lowest BCUT2D eigenvalue weighted by molar-refractivity contribution is -0.125. The van der Waals surface area contributed by atoms with Gasteiger partial charge in [-0.1, -0.05) is 6.92 Å². The van der Waals surface area contributed by atoms with Crippen LogP contribution in [-0.4, -0.2) is 43.0 Å². The van der Waals surface area contributed by atoms with E-state index in [4.69, 9.17) is 5.73 Å². The second-order valence-electron chi connectivity index (χ2n) is 3.58. The molecule has 4 nitrogen and oxygen atoms in total. The summed E-state index contributed by atoms with van der Waals surface area (Å²) in [5.41, 5.74) is 5.45. The lowest BCUT2D eigenvalue weighted by Crippen LogP contribution is -2.54. The Hall–Kier alpha value is -0.610. The molecule has 1 rings (SSSR count). The molecule has 0 bridgehead atoms. The number of hydrogen-bond acceptors (Lipinski definition) is 3. The third-order valence-electron chi connectivity index (χ3n) is 2.27. The van der Waals surface area contributed by atoms with E-state index in [-0.39, 0.29) is 11.9 Å². The van der Waals surface area contributed by atoms with Crippen LogP contribution in [-0.2, 0) is 4.79 Å². The molecule has 1 fully saturated rings. The van der Waals surface area contributed by atoms with E-state index in [1.54, 1.807) is 0 Å². The highest BCUT2D eigenvalue weighted by Gasteiger charge is 2.22. The van der Waals surface area contributed by atoms with Gasteiger partial charge in [0, 0.05) is 12.6 Å². The summed E-state index contributed by atoms with van der Waals surface area (Å²) < 4.78 is 0. The second kappa shape index (κ2) is 5.19. The molecule has 4 heteroatoms. The number of nitrogens with one attached hydrogen (secondary N) is 1. The molecule has 0 aromatic heterocycles. The Bertz CT molecular complexity index is 156. The summed E-state index contributed by atoms with van der Waals surface area (Å²) in [6, 6.07) is 0.262. The highest BCUT2D eigenvalue weighted by atomic mass is 16.2. The van der Waals surface area contributed by atoms with E-state index in [0.717, 1.165) is 25.9 Å². The number of hydrogen-bond donors (Lipinski definition) is 2. The first-order valence-electron chi connectivity index (χ1n) is 4.98. The second-order valence-corrected chi connectivity index (χ2v) is 3.58. The van der Waals surface area contributed by atoms with Crippen molar-refractivity contribution in [2.75, 3.05) is 26.2 Å². The fourth-order valence-electron chi connectivity index (χ4n) is 1.75. The normalized spacial score (nSPS) is 24.5. The van der Waals surface area contributed by atoms with Gasteiger partial charge in [-0.05, 0) is 25.9 Å². The zero-order valence-corrected chi connectivity index (χ0v) is 8.25. The molecule has 0 aromatic rings. The molecule has 13 heavy (non-hydrogen) atoms. The van der Waals surface area contributed by atoms with Crippen molar-refractivity contribution >= 4 is 5.91 Å². The quantitative estimate of drug-likeness (QED) is 0.623. The smallest absolute Gasteiger partial charge is 0.234 e. The third-order valence-corrected chi connectivity index (χ3v) is 2.27. The molecule has 1 unspecified atom stereocenters. The van der Waals surface area contributed by atoms with Crippen LogP contribution in [0.15, 0.2) is 0 Å². The molecule has 1 heterocycles. The van der Waals surface area contributed by atoms with Crippen molar-refractivity contribution in [3.63, 3.8) is 0 Å². The Morgan fingerprint density at radius 2 is 2.46 bits per heavy atom. The zero-order chi connectivity index (χ0) is 9.68. The van der Waals surface area contributed by atoms with Gasteiger partial charge in [0.25, 0.3) is 0 Å². The van der Waals surface area contributed by atoms with Gasteiger partial charge in [-0.25, -0.2) is 0 Å². The molecule has 0 saturated carbocycles. The van der Waals surface area contributed by atoms with E-state index in [1.807, 2.05) is 0 Å². The van der Waals surface area contributed by atoms with Gasteiger partial charge in [-0.3, -0.25) is 9.69 Å². The van der Waals surface area contributed by atoms with Crippen LogP contribution in [0.25, 0.3) is 0 Å². The van der Waals surface area contributed by atoms with Crippen LogP contribution in [0.3, 0.4) is 0 Å². The Morgan fingerprint density at radius 1 is 1.69 bits per heavy atom.